The SMILES string of the molecule is C=N/C(=C\C)CCCO. The molecule has 0 aliphatic heterocycles. The van der Waals surface area contributed by atoms with Crippen molar-refractivity contribution >= 4 is 6.72 Å². The Morgan fingerprint density at radius 1 is 1.78 bits per heavy atom. The Hall–Kier alpha value is -0.630. The van der Waals surface area contributed by atoms with Crippen molar-refractivity contribution < 1.29 is 5.11 Å². The Morgan fingerprint density at radius 2 is 2.44 bits per heavy atom. The number of allylic oxidation sites excluding steroid dienone is 2. The third-order valence-electron chi connectivity index (χ3n) is 1.13. The van der Waals surface area contributed by atoms with Crippen LogP contribution >= 0.6 is 0 Å². The molecule has 0 rings (SSSR count). The van der Waals surface area contributed by atoms with Crippen LogP contribution in [0.3, 0.4) is 0 Å². The van der Waals surface area contributed by atoms with E-state index in [9.17, 15) is 0 Å². The number of hydrogen-bond acceptors (Lipinski definition) is 2. The van der Waals surface area contributed by atoms with E-state index in [1.807, 2.05) is 13.0 Å². The molecule has 0 fully saturated rings. The molecule has 0 amide bonds. The summed E-state index contributed by atoms with van der Waals surface area (Å²) >= 11 is 0. The van der Waals surface area contributed by atoms with Crippen LogP contribution in [0, 0.1) is 0 Å². The highest BCUT2D eigenvalue weighted by molar-refractivity contribution is 5.28. The van der Waals surface area contributed by atoms with Crippen molar-refractivity contribution in [1.29, 1.82) is 0 Å². The highest BCUT2D eigenvalue weighted by Crippen LogP contribution is 2.03. The summed E-state index contributed by atoms with van der Waals surface area (Å²) in [7, 11) is 0. The van der Waals surface area contributed by atoms with E-state index in [2.05, 4.69) is 11.7 Å². The summed E-state index contributed by atoms with van der Waals surface area (Å²) in [5.74, 6) is 0. The summed E-state index contributed by atoms with van der Waals surface area (Å²) in [5.41, 5.74) is 0.962. The highest BCUT2D eigenvalue weighted by Gasteiger charge is 1.88. The minimum Gasteiger partial charge on any atom is -0.396 e. The van der Waals surface area contributed by atoms with E-state index in [0.29, 0.717) is 0 Å². The summed E-state index contributed by atoms with van der Waals surface area (Å²) in [4.78, 5) is 3.74. The maximum atomic E-state index is 8.42. The molecule has 0 aromatic carbocycles. The second kappa shape index (κ2) is 5.51. The van der Waals surface area contributed by atoms with E-state index in [1.54, 1.807) is 0 Å². The molecule has 0 aliphatic carbocycles. The van der Waals surface area contributed by atoms with Crippen molar-refractivity contribution in [3.8, 4) is 0 Å². The fourth-order valence-corrected chi connectivity index (χ4v) is 0.575. The minimum atomic E-state index is 0.229. The average molecular weight is 127 g/mol. The van der Waals surface area contributed by atoms with Gasteiger partial charge in [0.05, 0.1) is 0 Å². The van der Waals surface area contributed by atoms with Crippen molar-refractivity contribution in [3.63, 3.8) is 0 Å². The molecule has 0 saturated heterocycles. The maximum Gasteiger partial charge on any atom is 0.0434 e. The van der Waals surface area contributed by atoms with Gasteiger partial charge in [-0.1, -0.05) is 6.08 Å². The van der Waals surface area contributed by atoms with Crippen LogP contribution in [0.25, 0.3) is 0 Å². The van der Waals surface area contributed by atoms with E-state index < -0.39 is 0 Å². The number of nitrogens with zero attached hydrogens (tertiary/aromatic N) is 1. The Balaban J connectivity index is 3.45. The van der Waals surface area contributed by atoms with Gasteiger partial charge in [0.25, 0.3) is 0 Å². The van der Waals surface area contributed by atoms with Gasteiger partial charge < -0.3 is 5.11 Å². The normalized spacial score (nSPS) is 11.6. The zero-order chi connectivity index (χ0) is 7.11. The first-order chi connectivity index (χ1) is 4.35. The summed E-state index contributed by atoms with van der Waals surface area (Å²) in [6.07, 6.45) is 3.51. The molecule has 0 saturated carbocycles. The van der Waals surface area contributed by atoms with Crippen molar-refractivity contribution in [2.75, 3.05) is 6.61 Å². The van der Waals surface area contributed by atoms with Crippen molar-refractivity contribution in [1.82, 2.24) is 0 Å². The molecule has 0 unspecified atom stereocenters. The molecule has 9 heavy (non-hydrogen) atoms. The number of aliphatic imine (C=N–C) groups is 1. The van der Waals surface area contributed by atoms with Gasteiger partial charge in [-0.2, -0.15) is 0 Å². The molecule has 0 spiro atoms. The first-order valence-corrected chi connectivity index (χ1v) is 3.08. The molecule has 0 bridgehead atoms. The lowest BCUT2D eigenvalue weighted by atomic mass is 10.2. The van der Waals surface area contributed by atoms with Crippen molar-refractivity contribution in [3.05, 3.63) is 11.8 Å². The summed E-state index contributed by atoms with van der Waals surface area (Å²) in [6, 6.07) is 0. The summed E-state index contributed by atoms with van der Waals surface area (Å²) in [5, 5.41) is 8.42. The van der Waals surface area contributed by atoms with Gasteiger partial charge >= 0.3 is 0 Å². The van der Waals surface area contributed by atoms with Crippen LogP contribution in [0.2, 0.25) is 0 Å². The molecular weight excluding hydrogens is 114 g/mol. The number of aliphatic hydroxyl groups is 1. The monoisotopic (exact) mass is 127 g/mol. The van der Waals surface area contributed by atoms with Crippen molar-refractivity contribution in [2.24, 2.45) is 4.99 Å². The molecule has 2 nitrogen and oxygen atoms in total. The molecule has 2 heteroatoms. The molecule has 52 valence electrons. The second-order valence-electron chi connectivity index (χ2n) is 1.77. The summed E-state index contributed by atoms with van der Waals surface area (Å²) in [6.45, 7) is 5.53. The Bertz CT molecular complexity index is 107. The lowest BCUT2D eigenvalue weighted by Crippen LogP contribution is -1.83. The van der Waals surface area contributed by atoms with Crippen LogP contribution in [-0.2, 0) is 0 Å². The Morgan fingerprint density at radius 3 is 2.78 bits per heavy atom. The quantitative estimate of drug-likeness (QED) is 0.568. The number of hydrogen-bond donors (Lipinski definition) is 1. The molecule has 1 N–H and O–H groups in total. The molecule has 0 aromatic rings. The predicted molar refractivity (Wildman–Crippen MR) is 39.6 cm³/mol. The van der Waals surface area contributed by atoms with E-state index in [4.69, 9.17) is 5.11 Å². The molecular formula is C7H13NO. The zero-order valence-electron chi connectivity index (χ0n) is 5.80. The largest absolute Gasteiger partial charge is 0.396 e. The highest BCUT2D eigenvalue weighted by atomic mass is 16.2. The lowest BCUT2D eigenvalue weighted by molar-refractivity contribution is 0.288. The van der Waals surface area contributed by atoms with Crippen LogP contribution in [-0.4, -0.2) is 18.4 Å². The molecule has 0 radical (unpaired) electrons. The second-order valence-corrected chi connectivity index (χ2v) is 1.77. The van der Waals surface area contributed by atoms with Crippen LogP contribution in [0.15, 0.2) is 16.8 Å². The van der Waals surface area contributed by atoms with Gasteiger partial charge in [0.15, 0.2) is 0 Å². The van der Waals surface area contributed by atoms with Gasteiger partial charge in [-0.15, -0.1) is 0 Å². The van der Waals surface area contributed by atoms with E-state index in [-0.39, 0.29) is 6.61 Å². The average Bonchev–Trinajstić information content (AvgIpc) is 1.91. The fraction of sp³-hybridized carbons (Fsp3) is 0.571. The number of rotatable bonds is 4. The lowest BCUT2D eigenvalue weighted by Gasteiger charge is -1.95. The van der Waals surface area contributed by atoms with Gasteiger partial charge in [-0.25, -0.2) is 0 Å². The van der Waals surface area contributed by atoms with Gasteiger partial charge in [-0.05, 0) is 26.5 Å². The first kappa shape index (κ1) is 8.37. The van der Waals surface area contributed by atoms with E-state index in [1.165, 1.54) is 0 Å². The van der Waals surface area contributed by atoms with Gasteiger partial charge in [0, 0.05) is 12.3 Å². The predicted octanol–water partition coefficient (Wildman–Crippen LogP) is 1.36. The van der Waals surface area contributed by atoms with Crippen LogP contribution in [0.4, 0.5) is 0 Å². The third-order valence-corrected chi connectivity index (χ3v) is 1.13. The Labute approximate surface area is 55.9 Å². The molecule has 0 heterocycles. The van der Waals surface area contributed by atoms with Gasteiger partial charge in [0.1, 0.15) is 0 Å². The topological polar surface area (TPSA) is 32.6 Å². The third kappa shape index (κ3) is 3.91. The zero-order valence-corrected chi connectivity index (χ0v) is 5.80. The smallest absolute Gasteiger partial charge is 0.0434 e. The van der Waals surface area contributed by atoms with E-state index in [0.717, 1.165) is 18.5 Å². The van der Waals surface area contributed by atoms with Crippen LogP contribution < -0.4 is 0 Å². The number of aliphatic hydroxyl groups excluding tert-OH is 1. The minimum absolute atomic E-state index is 0.229. The standard InChI is InChI=1S/C7H13NO/c1-3-7(8-2)5-4-6-9/h3,9H,2,4-6H2,1H3/b7-3-. The van der Waals surface area contributed by atoms with Gasteiger partial charge in [0.2, 0.25) is 0 Å². The summed E-state index contributed by atoms with van der Waals surface area (Å²) < 4.78 is 0. The molecule has 0 aromatic heterocycles. The van der Waals surface area contributed by atoms with E-state index >= 15 is 0 Å². The van der Waals surface area contributed by atoms with Crippen LogP contribution in [0.1, 0.15) is 19.8 Å². The fourth-order valence-electron chi connectivity index (χ4n) is 0.575. The van der Waals surface area contributed by atoms with Gasteiger partial charge in [-0.3, -0.25) is 4.99 Å². The first-order valence-electron chi connectivity index (χ1n) is 3.08. The van der Waals surface area contributed by atoms with Crippen molar-refractivity contribution in [2.45, 2.75) is 19.8 Å². The molecule has 0 atom stereocenters. The maximum absolute atomic E-state index is 8.42. The Kier molecular flexibility index (Phi) is 5.12. The molecule has 0 aliphatic rings. The van der Waals surface area contributed by atoms with Crippen LogP contribution in [0.5, 0.6) is 0 Å².